The van der Waals surface area contributed by atoms with Crippen LogP contribution in [0.5, 0.6) is 0 Å². The summed E-state index contributed by atoms with van der Waals surface area (Å²) >= 11 is 0. The van der Waals surface area contributed by atoms with Gasteiger partial charge in [0.1, 0.15) is 0 Å². The standard InChI is InChI=1S/C17H34O4/c1-6-8-9-10-11-12-13-14-15-16(21-7-2)17(18-3,19-4)20-5/h7,16H,2,6,8-15H2,1,3-5H3. The molecule has 0 fully saturated rings. The Kier molecular flexibility index (Phi) is 12.7. The smallest absolute Gasteiger partial charge is 0.321 e. The van der Waals surface area contributed by atoms with Crippen molar-refractivity contribution in [3.8, 4) is 0 Å². The molecule has 0 N–H and O–H groups in total. The summed E-state index contributed by atoms with van der Waals surface area (Å²) < 4.78 is 21.6. The van der Waals surface area contributed by atoms with Crippen molar-refractivity contribution in [2.75, 3.05) is 21.3 Å². The van der Waals surface area contributed by atoms with Gasteiger partial charge in [-0.15, -0.1) is 0 Å². The highest BCUT2D eigenvalue weighted by atomic mass is 16.9. The molecule has 0 spiro atoms. The summed E-state index contributed by atoms with van der Waals surface area (Å²) in [4.78, 5) is 0. The number of hydrogen-bond donors (Lipinski definition) is 0. The molecule has 0 aromatic heterocycles. The van der Waals surface area contributed by atoms with Crippen LogP contribution in [0.15, 0.2) is 12.8 Å². The Balaban J connectivity index is 4.02. The average Bonchev–Trinajstić information content (AvgIpc) is 2.52. The van der Waals surface area contributed by atoms with Gasteiger partial charge in [-0.2, -0.15) is 0 Å². The van der Waals surface area contributed by atoms with E-state index in [0.717, 1.165) is 12.8 Å². The summed E-state index contributed by atoms with van der Waals surface area (Å²) in [6.45, 7) is 5.86. The number of methoxy groups -OCH3 is 3. The summed E-state index contributed by atoms with van der Waals surface area (Å²) in [5.41, 5.74) is 0. The third kappa shape index (κ3) is 7.84. The van der Waals surface area contributed by atoms with E-state index in [1.807, 2.05) is 0 Å². The Labute approximate surface area is 130 Å². The highest BCUT2D eigenvalue weighted by Crippen LogP contribution is 2.25. The zero-order valence-electron chi connectivity index (χ0n) is 14.4. The number of rotatable bonds is 15. The summed E-state index contributed by atoms with van der Waals surface area (Å²) in [5.74, 6) is -1.16. The lowest BCUT2D eigenvalue weighted by atomic mass is 10.0. The number of hydrogen-bond acceptors (Lipinski definition) is 4. The molecular formula is C17H34O4. The first-order chi connectivity index (χ1) is 10.2. The predicted octanol–water partition coefficient (Wildman–Crippen LogP) is 4.64. The van der Waals surface area contributed by atoms with Crippen LogP contribution in [0.2, 0.25) is 0 Å². The second-order valence-electron chi connectivity index (χ2n) is 5.27. The minimum absolute atomic E-state index is 0.310. The molecule has 0 aromatic rings. The van der Waals surface area contributed by atoms with Crippen LogP contribution in [-0.2, 0) is 18.9 Å². The zero-order chi connectivity index (χ0) is 16.0. The molecule has 1 unspecified atom stereocenters. The first-order valence-electron chi connectivity index (χ1n) is 8.12. The molecular weight excluding hydrogens is 268 g/mol. The molecule has 21 heavy (non-hydrogen) atoms. The van der Waals surface area contributed by atoms with Crippen LogP contribution in [0.4, 0.5) is 0 Å². The maximum atomic E-state index is 5.53. The largest absolute Gasteiger partial charge is 0.490 e. The Bertz CT molecular complexity index is 231. The molecule has 0 aliphatic heterocycles. The average molecular weight is 302 g/mol. The highest BCUT2D eigenvalue weighted by Gasteiger charge is 2.41. The summed E-state index contributed by atoms with van der Waals surface area (Å²) in [6.07, 6.45) is 12.1. The van der Waals surface area contributed by atoms with E-state index >= 15 is 0 Å². The fraction of sp³-hybridized carbons (Fsp3) is 0.882. The van der Waals surface area contributed by atoms with Gasteiger partial charge in [-0.1, -0.05) is 58.4 Å². The quantitative estimate of drug-likeness (QED) is 0.251. The van der Waals surface area contributed by atoms with Gasteiger partial charge in [0.25, 0.3) is 0 Å². The second-order valence-corrected chi connectivity index (χ2v) is 5.27. The van der Waals surface area contributed by atoms with Gasteiger partial charge in [0.2, 0.25) is 0 Å². The summed E-state index contributed by atoms with van der Waals surface area (Å²) in [5, 5.41) is 0. The molecule has 0 heterocycles. The van der Waals surface area contributed by atoms with Crippen LogP contribution in [0.1, 0.15) is 64.7 Å². The third-order valence-corrected chi connectivity index (χ3v) is 3.83. The Hall–Kier alpha value is -0.580. The van der Waals surface area contributed by atoms with E-state index in [2.05, 4.69) is 13.5 Å². The van der Waals surface area contributed by atoms with E-state index in [1.54, 1.807) is 21.3 Å². The molecule has 126 valence electrons. The molecule has 0 rings (SSSR count). The van der Waals surface area contributed by atoms with Crippen molar-refractivity contribution in [1.82, 2.24) is 0 Å². The second kappa shape index (κ2) is 13.1. The van der Waals surface area contributed by atoms with Crippen LogP contribution >= 0.6 is 0 Å². The van der Waals surface area contributed by atoms with Gasteiger partial charge in [-0.05, 0) is 12.8 Å². The Morgan fingerprint density at radius 1 is 0.857 bits per heavy atom. The van der Waals surface area contributed by atoms with Gasteiger partial charge in [-0.3, -0.25) is 0 Å². The van der Waals surface area contributed by atoms with E-state index < -0.39 is 5.97 Å². The first kappa shape index (κ1) is 20.4. The van der Waals surface area contributed by atoms with E-state index in [1.165, 1.54) is 51.2 Å². The SMILES string of the molecule is C=COC(CCCCCCCCCC)C(OC)(OC)OC. The van der Waals surface area contributed by atoms with Gasteiger partial charge in [-0.25, -0.2) is 0 Å². The molecule has 0 aromatic carbocycles. The van der Waals surface area contributed by atoms with Gasteiger partial charge in [0.15, 0.2) is 6.10 Å². The van der Waals surface area contributed by atoms with Crippen molar-refractivity contribution in [3.63, 3.8) is 0 Å². The van der Waals surface area contributed by atoms with E-state index in [4.69, 9.17) is 18.9 Å². The molecule has 0 amide bonds. The first-order valence-corrected chi connectivity index (χ1v) is 8.12. The molecule has 0 aliphatic rings. The van der Waals surface area contributed by atoms with Crippen LogP contribution in [0, 0.1) is 0 Å². The fourth-order valence-corrected chi connectivity index (χ4v) is 2.55. The minimum atomic E-state index is -1.16. The van der Waals surface area contributed by atoms with Crippen LogP contribution in [0.25, 0.3) is 0 Å². The highest BCUT2D eigenvalue weighted by molar-refractivity contribution is 4.74. The van der Waals surface area contributed by atoms with Gasteiger partial charge in [0, 0.05) is 21.3 Å². The molecule has 1 atom stereocenters. The van der Waals surface area contributed by atoms with Crippen LogP contribution in [0.3, 0.4) is 0 Å². The van der Waals surface area contributed by atoms with Crippen LogP contribution in [-0.4, -0.2) is 33.4 Å². The molecule has 0 bridgehead atoms. The number of ether oxygens (including phenoxy) is 4. The molecule has 0 radical (unpaired) electrons. The van der Waals surface area contributed by atoms with E-state index in [9.17, 15) is 0 Å². The summed E-state index contributed by atoms with van der Waals surface area (Å²) in [7, 11) is 4.67. The lowest BCUT2D eigenvalue weighted by Gasteiger charge is -2.35. The molecule has 4 heteroatoms. The zero-order valence-corrected chi connectivity index (χ0v) is 14.4. The Morgan fingerprint density at radius 3 is 1.76 bits per heavy atom. The monoisotopic (exact) mass is 302 g/mol. The van der Waals surface area contributed by atoms with E-state index in [-0.39, 0.29) is 6.10 Å². The van der Waals surface area contributed by atoms with Crippen molar-refractivity contribution in [3.05, 3.63) is 12.8 Å². The maximum absolute atomic E-state index is 5.53. The Morgan fingerprint density at radius 2 is 1.33 bits per heavy atom. The number of unbranched alkanes of at least 4 members (excludes halogenated alkanes) is 7. The van der Waals surface area contributed by atoms with E-state index in [0.29, 0.717) is 0 Å². The lowest BCUT2D eigenvalue weighted by Crippen LogP contribution is -2.48. The van der Waals surface area contributed by atoms with Crippen molar-refractivity contribution < 1.29 is 18.9 Å². The molecule has 0 saturated heterocycles. The van der Waals surface area contributed by atoms with Crippen molar-refractivity contribution >= 4 is 0 Å². The lowest BCUT2D eigenvalue weighted by molar-refractivity contribution is -0.389. The topological polar surface area (TPSA) is 36.9 Å². The third-order valence-electron chi connectivity index (χ3n) is 3.83. The molecule has 0 saturated carbocycles. The van der Waals surface area contributed by atoms with Crippen molar-refractivity contribution in [2.24, 2.45) is 0 Å². The maximum Gasteiger partial charge on any atom is 0.321 e. The molecule has 4 nitrogen and oxygen atoms in total. The van der Waals surface area contributed by atoms with Crippen molar-refractivity contribution in [2.45, 2.75) is 76.8 Å². The van der Waals surface area contributed by atoms with Crippen molar-refractivity contribution in [1.29, 1.82) is 0 Å². The van der Waals surface area contributed by atoms with Crippen LogP contribution < -0.4 is 0 Å². The molecule has 0 aliphatic carbocycles. The van der Waals surface area contributed by atoms with Gasteiger partial charge < -0.3 is 18.9 Å². The fourth-order valence-electron chi connectivity index (χ4n) is 2.55. The van der Waals surface area contributed by atoms with Gasteiger partial charge in [0.05, 0.1) is 6.26 Å². The summed E-state index contributed by atoms with van der Waals surface area (Å²) in [6, 6.07) is 0. The minimum Gasteiger partial charge on any atom is -0.490 e. The normalized spacial score (nSPS) is 13.1. The van der Waals surface area contributed by atoms with Gasteiger partial charge >= 0.3 is 5.97 Å². The predicted molar refractivity (Wildman–Crippen MR) is 86.1 cm³/mol.